The summed E-state index contributed by atoms with van der Waals surface area (Å²) in [6, 6.07) is 12.1. The average Bonchev–Trinajstić information content (AvgIpc) is 3.26. The molecule has 0 amide bonds. The minimum Gasteiger partial charge on any atom is -0.390 e. The smallest absolute Gasteiger partial charge is 0.151 e. The van der Waals surface area contributed by atoms with Crippen molar-refractivity contribution in [2.45, 2.75) is 39.6 Å². The summed E-state index contributed by atoms with van der Waals surface area (Å²) in [5.74, 6) is 0.857. The van der Waals surface area contributed by atoms with Gasteiger partial charge in [0.1, 0.15) is 5.69 Å². The van der Waals surface area contributed by atoms with E-state index in [2.05, 4.69) is 22.1 Å². The summed E-state index contributed by atoms with van der Waals surface area (Å²) in [5.41, 5.74) is 5.14. The Kier molecular flexibility index (Phi) is 4.38. The zero-order valence-corrected chi connectivity index (χ0v) is 14.4. The number of aryl methyl sites for hydroxylation is 1. The molecule has 0 saturated heterocycles. The van der Waals surface area contributed by atoms with E-state index in [1.54, 1.807) is 0 Å². The SMILES string of the molecule is CCn1nc(CO)c2c1CCN(Cc1cc(-c3ccccc3)no1)C2. The number of aromatic nitrogens is 3. The third kappa shape index (κ3) is 3.10. The fraction of sp³-hybridized carbons (Fsp3) is 0.368. The van der Waals surface area contributed by atoms with Crippen molar-refractivity contribution >= 4 is 0 Å². The van der Waals surface area contributed by atoms with Gasteiger partial charge in [0.2, 0.25) is 0 Å². The second-order valence-corrected chi connectivity index (χ2v) is 6.35. The van der Waals surface area contributed by atoms with E-state index in [1.165, 1.54) is 11.3 Å². The van der Waals surface area contributed by atoms with E-state index in [9.17, 15) is 5.11 Å². The fourth-order valence-electron chi connectivity index (χ4n) is 3.49. The van der Waals surface area contributed by atoms with Gasteiger partial charge in [-0.05, 0) is 6.92 Å². The van der Waals surface area contributed by atoms with Gasteiger partial charge in [-0.1, -0.05) is 35.5 Å². The number of benzene rings is 1. The monoisotopic (exact) mass is 338 g/mol. The van der Waals surface area contributed by atoms with E-state index in [1.807, 2.05) is 41.1 Å². The average molecular weight is 338 g/mol. The zero-order chi connectivity index (χ0) is 17.2. The van der Waals surface area contributed by atoms with Crippen LogP contribution < -0.4 is 0 Å². The molecule has 0 spiro atoms. The van der Waals surface area contributed by atoms with Crippen molar-refractivity contribution in [3.63, 3.8) is 0 Å². The quantitative estimate of drug-likeness (QED) is 0.774. The molecule has 3 aromatic rings. The van der Waals surface area contributed by atoms with Crippen molar-refractivity contribution in [3.05, 3.63) is 59.1 Å². The van der Waals surface area contributed by atoms with Crippen LogP contribution in [-0.4, -0.2) is 31.5 Å². The maximum atomic E-state index is 9.58. The van der Waals surface area contributed by atoms with E-state index < -0.39 is 0 Å². The van der Waals surface area contributed by atoms with E-state index in [0.717, 1.165) is 48.8 Å². The Morgan fingerprint density at radius 1 is 1.24 bits per heavy atom. The molecule has 130 valence electrons. The van der Waals surface area contributed by atoms with Gasteiger partial charge in [0.15, 0.2) is 5.76 Å². The second-order valence-electron chi connectivity index (χ2n) is 6.35. The van der Waals surface area contributed by atoms with Crippen LogP contribution >= 0.6 is 0 Å². The molecular weight excluding hydrogens is 316 g/mol. The molecule has 25 heavy (non-hydrogen) atoms. The molecule has 0 bridgehead atoms. The fourth-order valence-corrected chi connectivity index (χ4v) is 3.49. The third-order valence-electron chi connectivity index (χ3n) is 4.75. The Morgan fingerprint density at radius 3 is 2.84 bits per heavy atom. The van der Waals surface area contributed by atoms with Gasteiger partial charge in [0.05, 0.1) is 18.8 Å². The number of rotatable bonds is 5. The highest BCUT2D eigenvalue weighted by atomic mass is 16.5. The largest absolute Gasteiger partial charge is 0.390 e. The van der Waals surface area contributed by atoms with E-state index >= 15 is 0 Å². The first-order valence-electron chi connectivity index (χ1n) is 8.70. The van der Waals surface area contributed by atoms with Crippen LogP contribution in [0.3, 0.4) is 0 Å². The minimum atomic E-state index is -0.0103. The number of aliphatic hydroxyl groups excluding tert-OH is 1. The molecular formula is C19H22N4O2. The van der Waals surface area contributed by atoms with Crippen LogP contribution in [0.1, 0.15) is 29.6 Å². The van der Waals surface area contributed by atoms with Gasteiger partial charge in [-0.3, -0.25) is 9.58 Å². The lowest BCUT2D eigenvalue weighted by molar-refractivity contribution is 0.210. The van der Waals surface area contributed by atoms with Crippen LogP contribution in [0.15, 0.2) is 40.9 Å². The van der Waals surface area contributed by atoms with Crippen LogP contribution in [0.25, 0.3) is 11.3 Å². The molecule has 1 aliphatic rings. The number of aliphatic hydroxyl groups is 1. The summed E-state index contributed by atoms with van der Waals surface area (Å²) >= 11 is 0. The topological polar surface area (TPSA) is 67.3 Å². The normalized spacial score (nSPS) is 14.6. The standard InChI is InChI=1S/C19H22N4O2/c1-2-23-19-8-9-22(12-16(19)18(13-24)20-23)11-15-10-17(21-25-15)14-6-4-3-5-7-14/h3-7,10,24H,2,8-9,11-13H2,1H3. The summed E-state index contributed by atoms with van der Waals surface area (Å²) in [6.07, 6.45) is 0.940. The van der Waals surface area contributed by atoms with Crippen molar-refractivity contribution < 1.29 is 9.63 Å². The highest BCUT2D eigenvalue weighted by molar-refractivity contribution is 5.58. The summed E-state index contributed by atoms with van der Waals surface area (Å²) < 4.78 is 7.54. The Morgan fingerprint density at radius 2 is 2.08 bits per heavy atom. The van der Waals surface area contributed by atoms with Crippen LogP contribution in [0.2, 0.25) is 0 Å². The summed E-state index contributed by atoms with van der Waals surface area (Å²) in [5, 5.41) is 18.3. The maximum absolute atomic E-state index is 9.58. The van der Waals surface area contributed by atoms with Gasteiger partial charge < -0.3 is 9.63 Å². The molecule has 2 aromatic heterocycles. The Balaban J connectivity index is 1.50. The second kappa shape index (κ2) is 6.82. The van der Waals surface area contributed by atoms with E-state index in [-0.39, 0.29) is 6.61 Å². The molecule has 1 N–H and O–H groups in total. The number of fused-ring (bicyclic) bond motifs is 1. The van der Waals surface area contributed by atoms with Crippen LogP contribution in [0.4, 0.5) is 0 Å². The molecule has 6 heteroatoms. The number of hydrogen-bond acceptors (Lipinski definition) is 5. The lowest BCUT2D eigenvalue weighted by atomic mass is 10.0. The van der Waals surface area contributed by atoms with E-state index in [4.69, 9.17) is 4.52 Å². The molecule has 4 rings (SSSR count). The highest BCUT2D eigenvalue weighted by Gasteiger charge is 2.25. The van der Waals surface area contributed by atoms with Gasteiger partial charge in [-0.2, -0.15) is 5.10 Å². The van der Waals surface area contributed by atoms with Crippen LogP contribution in [-0.2, 0) is 32.7 Å². The third-order valence-corrected chi connectivity index (χ3v) is 4.75. The van der Waals surface area contributed by atoms with Gasteiger partial charge in [-0.15, -0.1) is 0 Å². The van der Waals surface area contributed by atoms with Crippen molar-refractivity contribution in [2.24, 2.45) is 0 Å². The van der Waals surface area contributed by atoms with Crippen LogP contribution in [0, 0.1) is 0 Å². The number of hydrogen-bond donors (Lipinski definition) is 1. The summed E-state index contributed by atoms with van der Waals surface area (Å²) in [7, 11) is 0. The molecule has 0 atom stereocenters. The van der Waals surface area contributed by atoms with Gasteiger partial charge in [0.25, 0.3) is 0 Å². The predicted octanol–water partition coefficient (Wildman–Crippen LogP) is 2.61. The molecule has 1 aromatic carbocycles. The molecule has 0 aliphatic carbocycles. The van der Waals surface area contributed by atoms with Gasteiger partial charge in [0, 0.05) is 48.9 Å². The van der Waals surface area contributed by atoms with Gasteiger partial charge in [-0.25, -0.2) is 0 Å². The highest BCUT2D eigenvalue weighted by Crippen LogP contribution is 2.25. The molecule has 6 nitrogen and oxygen atoms in total. The minimum absolute atomic E-state index is 0.0103. The lowest BCUT2D eigenvalue weighted by Crippen LogP contribution is -2.30. The predicted molar refractivity (Wildman–Crippen MR) is 93.6 cm³/mol. The molecule has 0 radical (unpaired) electrons. The molecule has 0 fully saturated rings. The first-order valence-corrected chi connectivity index (χ1v) is 8.70. The lowest BCUT2D eigenvalue weighted by Gasteiger charge is -2.26. The van der Waals surface area contributed by atoms with Crippen molar-refractivity contribution in [2.75, 3.05) is 6.54 Å². The number of nitrogens with zero attached hydrogens (tertiary/aromatic N) is 4. The Hall–Kier alpha value is -2.44. The van der Waals surface area contributed by atoms with Crippen molar-refractivity contribution in [3.8, 4) is 11.3 Å². The summed E-state index contributed by atoms with van der Waals surface area (Å²) in [6.45, 7) is 5.36. The van der Waals surface area contributed by atoms with Gasteiger partial charge >= 0.3 is 0 Å². The van der Waals surface area contributed by atoms with Crippen molar-refractivity contribution in [1.29, 1.82) is 0 Å². The Labute approximate surface area is 146 Å². The summed E-state index contributed by atoms with van der Waals surface area (Å²) in [4.78, 5) is 2.32. The molecule has 0 unspecified atom stereocenters. The maximum Gasteiger partial charge on any atom is 0.151 e. The first kappa shape index (κ1) is 16.1. The molecule has 0 saturated carbocycles. The Bertz CT molecular complexity index is 854. The van der Waals surface area contributed by atoms with Crippen LogP contribution in [0.5, 0.6) is 0 Å². The first-order chi connectivity index (χ1) is 12.3. The van der Waals surface area contributed by atoms with E-state index in [0.29, 0.717) is 6.54 Å². The molecule has 1 aliphatic heterocycles. The zero-order valence-electron chi connectivity index (χ0n) is 14.4. The molecule has 3 heterocycles. The van der Waals surface area contributed by atoms with Crippen molar-refractivity contribution in [1.82, 2.24) is 19.8 Å².